The molecule has 0 saturated heterocycles. The minimum absolute atomic E-state index is 0.340. The van der Waals surface area contributed by atoms with Gasteiger partial charge in [-0.05, 0) is 43.2 Å². The summed E-state index contributed by atoms with van der Waals surface area (Å²) in [7, 11) is 3.44. The first-order valence-corrected chi connectivity index (χ1v) is 9.22. The Hall–Kier alpha value is -1.82. The van der Waals surface area contributed by atoms with Crippen molar-refractivity contribution in [3.05, 3.63) is 23.9 Å². The zero-order valence-corrected chi connectivity index (χ0v) is 15.8. The van der Waals surface area contributed by atoms with Crippen LogP contribution in [0.15, 0.2) is 23.3 Å². The molecule has 2 rings (SSSR count). The van der Waals surface area contributed by atoms with Crippen LogP contribution in [0.2, 0.25) is 0 Å². The summed E-state index contributed by atoms with van der Waals surface area (Å²) < 4.78 is 10.8. The van der Waals surface area contributed by atoms with Gasteiger partial charge in [-0.1, -0.05) is 12.8 Å². The van der Waals surface area contributed by atoms with Crippen molar-refractivity contribution in [1.82, 2.24) is 15.6 Å². The Kier molecular flexibility index (Phi) is 7.98. The second-order valence-corrected chi connectivity index (χ2v) is 6.64. The number of rotatable bonds is 9. The van der Waals surface area contributed by atoms with E-state index in [4.69, 9.17) is 9.47 Å². The molecule has 1 fully saturated rings. The Labute approximate surface area is 151 Å². The summed E-state index contributed by atoms with van der Waals surface area (Å²) in [6, 6.07) is 3.91. The van der Waals surface area contributed by atoms with Crippen molar-refractivity contribution in [2.45, 2.75) is 45.6 Å². The Morgan fingerprint density at radius 1 is 1.32 bits per heavy atom. The summed E-state index contributed by atoms with van der Waals surface area (Å²) in [4.78, 5) is 8.48. The van der Waals surface area contributed by atoms with Crippen LogP contribution in [0.1, 0.15) is 44.6 Å². The van der Waals surface area contributed by atoms with Gasteiger partial charge in [-0.3, -0.25) is 4.99 Å². The van der Waals surface area contributed by atoms with Crippen molar-refractivity contribution in [3.63, 3.8) is 0 Å². The third kappa shape index (κ3) is 6.20. The normalized spacial score (nSPS) is 16.7. The van der Waals surface area contributed by atoms with E-state index in [2.05, 4.69) is 27.5 Å². The van der Waals surface area contributed by atoms with Crippen molar-refractivity contribution in [3.8, 4) is 5.88 Å². The fourth-order valence-corrected chi connectivity index (χ4v) is 3.42. The topological polar surface area (TPSA) is 67.8 Å². The molecular weight excluding hydrogens is 316 g/mol. The molecule has 0 bridgehead atoms. The highest BCUT2D eigenvalue weighted by Crippen LogP contribution is 2.40. The van der Waals surface area contributed by atoms with Crippen LogP contribution in [0.3, 0.4) is 0 Å². The zero-order chi connectivity index (χ0) is 18.0. The van der Waals surface area contributed by atoms with Crippen molar-refractivity contribution < 1.29 is 9.47 Å². The van der Waals surface area contributed by atoms with E-state index in [1.54, 1.807) is 13.3 Å². The molecule has 1 heterocycles. The summed E-state index contributed by atoms with van der Waals surface area (Å²) >= 11 is 0. The lowest BCUT2D eigenvalue weighted by Crippen LogP contribution is -2.43. The van der Waals surface area contributed by atoms with Crippen LogP contribution in [-0.2, 0) is 11.3 Å². The van der Waals surface area contributed by atoms with E-state index in [1.807, 2.05) is 19.2 Å². The van der Waals surface area contributed by atoms with Crippen LogP contribution < -0.4 is 15.4 Å². The first kappa shape index (κ1) is 19.5. The summed E-state index contributed by atoms with van der Waals surface area (Å²) in [6.45, 7) is 5.33. The second kappa shape index (κ2) is 10.2. The maximum absolute atomic E-state index is 5.59. The molecule has 6 nitrogen and oxygen atoms in total. The monoisotopic (exact) mass is 348 g/mol. The molecule has 0 radical (unpaired) electrons. The number of methoxy groups -OCH3 is 1. The third-order valence-electron chi connectivity index (χ3n) is 4.97. The van der Waals surface area contributed by atoms with Crippen molar-refractivity contribution >= 4 is 5.96 Å². The highest BCUT2D eigenvalue weighted by molar-refractivity contribution is 5.79. The average molecular weight is 348 g/mol. The van der Waals surface area contributed by atoms with E-state index < -0.39 is 0 Å². The molecule has 0 amide bonds. The number of ether oxygens (including phenoxy) is 2. The number of nitrogens with one attached hydrogen (secondary N) is 2. The molecule has 25 heavy (non-hydrogen) atoms. The molecular formula is C19H32N4O2. The van der Waals surface area contributed by atoms with Crippen molar-refractivity contribution in [2.24, 2.45) is 10.4 Å². The zero-order valence-electron chi connectivity index (χ0n) is 15.8. The number of nitrogens with zero attached hydrogens (tertiary/aromatic N) is 2. The fraction of sp³-hybridized carbons (Fsp3) is 0.684. The molecule has 2 N–H and O–H groups in total. The minimum Gasteiger partial charge on any atom is -0.481 e. The predicted octanol–water partition coefficient (Wildman–Crippen LogP) is 2.74. The molecule has 0 aliphatic heterocycles. The molecule has 0 atom stereocenters. The number of guanidine groups is 1. The summed E-state index contributed by atoms with van der Waals surface area (Å²) in [5.41, 5.74) is 1.45. The molecule has 1 aromatic rings. The lowest BCUT2D eigenvalue weighted by atomic mass is 9.83. The molecule has 0 unspecified atom stereocenters. The van der Waals surface area contributed by atoms with Crippen LogP contribution in [-0.4, -0.2) is 44.9 Å². The summed E-state index contributed by atoms with van der Waals surface area (Å²) in [5, 5.41) is 6.88. The number of aliphatic imine (C=N–C) groups is 1. The van der Waals surface area contributed by atoms with E-state index in [0.717, 1.165) is 37.7 Å². The Balaban J connectivity index is 1.83. The molecule has 1 aromatic heterocycles. The Morgan fingerprint density at radius 3 is 2.80 bits per heavy atom. The van der Waals surface area contributed by atoms with Gasteiger partial charge in [0.2, 0.25) is 5.88 Å². The predicted molar refractivity (Wildman–Crippen MR) is 101 cm³/mol. The third-order valence-corrected chi connectivity index (χ3v) is 4.97. The van der Waals surface area contributed by atoms with E-state index in [0.29, 0.717) is 17.8 Å². The Bertz CT molecular complexity index is 542. The van der Waals surface area contributed by atoms with Gasteiger partial charge in [0, 0.05) is 45.6 Å². The van der Waals surface area contributed by atoms with Crippen LogP contribution in [0.25, 0.3) is 0 Å². The van der Waals surface area contributed by atoms with Gasteiger partial charge in [0.1, 0.15) is 0 Å². The van der Waals surface area contributed by atoms with Crippen LogP contribution in [0.4, 0.5) is 0 Å². The first-order valence-electron chi connectivity index (χ1n) is 9.22. The smallest absolute Gasteiger partial charge is 0.213 e. The van der Waals surface area contributed by atoms with Gasteiger partial charge in [0.05, 0.1) is 7.11 Å². The highest BCUT2D eigenvalue weighted by Gasteiger charge is 2.33. The number of aromatic nitrogens is 1. The second-order valence-electron chi connectivity index (χ2n) is 6.64. The maximum atomic E-state index is 5.59. The highest BCUT2D eigenvalue weighted by atomic mass is 16.5. The van der Waals surface area contributed by atoms with Crippen molar-refractivity contribution in [2.75, 3.05) is 33.9 Å². The number of pyridine rings is 1. The van der Waals surface area contributed by atoms with Crippen LogP contribution in [0.5, 0.6) is 5.88 Å². The van der Waals surface area contributed by atoms with E-state index in [9.17, 15) is 0 Å². The van der Waals surface area contributed by atoms with E-state index >= 15 is 0 Å². The molecule has 1 aliphatic carbocycles. The molecule has 0 spiro atoms. The minimum atomic E-state index is 0.340. The van der Waals surface area contributed by atoms with Crippen LogP contribution >= 0.6 is 0 Å². The quantitative estimate of drug-likeness (QED) is 0.408. The maximum Gasteiger partial charge on any atom is 0.213 e. The molecule has 6 heteroatoms. The molecule has 140 valence electrons. The van der Waals surface area contributed by atoms with Gasteiger partial charge in [0.25, 0.3) is 0 Å². The summed E-state index contributed by atoms with van der Waals surface area (Å²) in [5.74, 6) is 1.46. The van der Waals surface area contributed by atoms with Gasteiger partial charge in [-0.25, -0.2) is 4.98 Å². The fourth-order valence-electron chi connectivity index (χ4n) is 3.42. The van der Waals surface area contributed by atoms with Gasteiger partial charge in [-0.15, -0.1) is 0 Å². The van der Waals surface area contributed by atoms with Crippen LogP contribution in [0, 0.1) is 5.41 Å². The van der Waals surface area contributed by atoms with E-state index in [-0.39, 0.29) is 0 Å². The lowest BCUT2D eigenvalue weighted by molar-refractivity contribution is 0.105. The van der Waals surface area contributed by atoms with E-state index in [1.165, 1.54) is 25.7 Å². The molecule has 1 saturated carbocycles. The van der Waals surface area contributed by atoms with Gasteiger partial charge < -0.3 is 20.1 Å². The number of hydrogen-bond donors (Lipinski definition) is 2. The molecule has 1 aliphatic rings. The van der Waals surface area contributed by atoms with Crippen molar-refractivity contribution in [1.29, 1.82) is 0 Å². The summed E-state index contributed by atoms with van der Waals surface area (Å²) in [6.07, 6.45) is 8.05. The first-order chi connectivity index (χ1) is 12.2. The standard InChI is InChI=1S/C19H32N4O2/c1-4-25-12-10-19(8-5-6-9-19)15-23-18(20-2)22-14-16-7-11-21-17(13-16)24-3/h7,11,13H,4-6,8-10,12,14-15H2,1-3H3,(H2,20,22,23). The van der Waals surface area contributed by atoms with Gasteiger partial charge in [-0.2, -0.15) is 0 Å². The largest absolute Gasteiger partial charge is 0.481 e. The number of hydrogen-bond acceptors (Lipinski definition) is 4. The van der Waals surface area contributed by atoms with Gasteiger partial charge >= 0.3 is 0 Å². The lowest BCUT2D eigenvalue weighted by Gasteiger charge is -2.30. The molecule has 0 aromatic carbocycles. The average Bonchev–Trinajstić information content (AvgIpc) is 3.11. The van der Waals surface area contributed by atoms with Gasteiger partial charge in [0.15, 0.2) is 5.96 Å². The SMILES string of the molecule is CCOCCC1(CNC(=NC)NCc2ccnc(OC)c2)CCCC1. The Morgan fingerprint density at radius 2 is 2.12 bits per heavy atom.